The number of Topliss-reactive ketones (excluding diaryl/α,β-unsaturated/α-hetero) is 1. The Morgan fingerprint density at radius 1 is 0.886 bits per heavy atom. The van der Waals surface area contributed by atoms with Crippen molar-refractivity contribution in [3.63, 3.8) is 0 Å². The van der Waals surface area contributed by atoms with Crippen LogP contribution >= 0.6 is 11.6 Å². The second-order valence-corrected chi connectivity index (χ2v) is 9.06. The number of hydrogen-bond donors (Lipinski definition) is 2. The lowest BCUT2D eigenvalue weighted by Gasteiger charge is -2.33. The number of benzene rings is 3. The van der Waals surface area contributed by atoms with E-state index >= 15 is 0 Å². The van der Waals surface area contributed by atoms with Gasteiger partial charge in [-0.1, -0.05) is 48.0 Å². The van der Waals surface area contributed by atoms with E-state index in [4.69, 9.17) is 25.8 Å². The smallest absolute Gasteiger partial charge is 0.203 e. The van der Waals surface area contributed by atoms with Crippen LogP contribution in [0.2, 0.25) is 5.02 Å². The zero-order chi connectivity index (χ0) is 24.5. The maximum atomic E-state index is 13.8. The molecule has 3 unspecified atom stereocenters. The van der Waals surface area contributed by atoms with Crippen molar-refractivity contribution in [3.8, 4) is 17.2 Å². The van der Waals surface area contributed by atoms with Crippen molar-refractivity contribution in [2.24, 2.45) is 5.92 Å². The van der Waals surface area contributed by atoms with Crippen LogP contribution in [-0.2, 0) is 4.79 Å². The fourth-order valence-electron chi connectivity index (χ4n) is 5.02. The van der Waals surface area contributed by atoms with Gasteiger partial charge in [0, 0.05) is 23.1 Å². The van der Waals surface area contributed by atoms with Gasteiger partial charge in [0.05, 0.1) is 44.7 Å². The number of ketones is 1. The van der Waals surface area contributed by atoms with Crippen LogP contribution in [0.25, 0.3) is 0 Å². The number of allylic oxidation sites excluding steroid dienone is 1. The highest BCUT2D eigenvalue weighted by atomic mass is 35.5. The van der Waals surface area contributed by atoms with Gasteiger partial charge in [-0.15, -0.1) is 0 Å². The Labute approximate surface area is 209 Å². The number of anilines is 2. The molecule has 2 aliphatic rings. The number of para-hydroxylation sites is 2. The highest BCUT2D eigenvalue weighted by Crippen LogP contribution is 2.47. The molecule has 35 heavy (non-hydrogen) atoms. The third kappa shape index (κ3) is 4.19. The third-order valence-electron chi connectivity index (χ3n) is 6.69. The van der Waals surface area contributed by atoms with Crippen LogP contribution < -0.4 is 24.8 Å². The fraction of sp³-hybridized carbons (Fsp3) is 0.250. The van der Waals surface area contributed by atoms with Crippen LogP contribution in [0.3, 0.4) is 0 Å². The normalized spacial score (nSPS) is 20.9. The molecule has 3 aromatic carbocycles. The van der Waals surface area contributed by atoms with Crippen LogP contribution in [-0.4, -0.2) is 27.1 Å². The average molecular weight is 491 g/mol. The molecule has 0 amide bonds. The van der Waals surface area contributed by atoms with Gasteiger partial charge in [-0.05, 0) is 41.5 Å². The van der Waals surface area contributed by atoms with E-state index in [1.165, 1.54) is 0 Å². The van der Waals surface area contributed by atoms with Gasteiger partial charge in [0.15, 0.2) is 11.5 Å². The molecule has 5 rings (SSSR count). The van der Waals surface area contributed by atoms with E-state index in [0.717, 1.165) is 28.2 Å². The summed E-state index contributed by atoms with van der Waals surface area (Å²) in [6, 6.07) is 19.1. The lowest BCUT2D eigenvalue weighted by molar-refractivity contribution is -0.122. The maximum absolute atomic E-state index is 13.8. The predicted molar refractivity (Wildman–Crippen MR) is 138 cm³/mol. The summed E-state index contributed by atoms with van der Waals surface area (Å²) in [5, 5.41) is 7.75. The Bertz CT molecular complexity index is 1280. The quantitative estimate of drug-likeness (QED) is 0.443. The summed E-state index contributed by atoms with van der Waals surface area (Å²) in [5.74, 6) is 1.19. The molecule has 3 atom stereocenters. The van der Waals surface area contributed by atoms with Crippen LogP contribution in [0.15, 0.2) is 72.4 Å². The van der Waals surface area contributed by atoms with Gasteiger partial charge in [-0.25, -0.2) is 0 Å². The minimum absolute atomic E-state index is 0.124. The van der Waals surface area contributed by atoms with Gasteiger partial charge in [-0.2, -0.15) is 0 Å². The summed E-state index contributed by atoms with van der Waals surface area (Å²) >= 11 is 6.61. The van der Waals surface area contributed by atoms with Gasteiger partial charge in [0.1, 0.15) is 5.78 Å². The zero-order valence-electron chi connectivity index (χ0n) is 19.8. The Balaban J connectivity index is 1.63. The van der Waals surface area contributed by atoms with E-state index in [2.05, 4.69) is 16.7 Å². The predicted octanol–water partition coefficient (Wildman–Crippen LogP) is 6.20. The molecule has 7 heteroatoms. The molecule has 1 aliphatic carbocycles. The average Bonchev–Trinajstić information content (AvgIpc) is 3.04. The molecule has 0 spiro atoms. The first-order chi connectivity index (χ1) is 17.0. The molecule has 0 radical (unpaired) electrons. The minimum Gasteiger partial charge on any atom is -0.493 e. The second-order valence-electron chi connectivity index (χ2n) is 8.65. The standard InChI is InChI=1S/C28H27ClN2O4/c1-33-24-14-17(15-25(34-2)28(24)35-3)16-12-22-26(23(32)13-16)27(18-8-4-5-9-19(18)29)31-21-11-7-6-10-20(21)30-22/h4-12,14-16,26-27,30-31H,13H2,1-3H3. The summed E-state index contributed by atoms with van der Waals surface area (Å²) < 4.78 is 16.6. The lowest BCUT2D eigenvalue weighted by Crippen LogP contribution is -2.34. The number of halogens is 1. The largest absolute Gasteiger partial charge is 0.493 e. The molecule has 0 bridgehead atoms. The maximum Gasteiger partial charge on any atom is 0.203 e. The first-order valence-corrected chi connectivity index (χ1v) is 11.8. The first-order valence-electron chi connectivity index (χ1n) is 11.5. The number of hydrogen-bond acceptors (Lipinski definition) is 6. The molecule has 1 heterocycles. The molecular weight excluding hydrogens is 464 g/mol. The Morgan fingerprint density at radius 2 is 1.54 bits per heavy atom. The van der Waals surface area contributed by atoms with Gasteiger partial charge >= 0.3 is 0 Å². The molecule has 0 fully saturated rings. The second kappa shape index (κ2) is 9.55. The van der Waals surface area contributed by atoms with Crippen LogP contribution in [0, 0.1) is 5.92 Å². The number of nitrogens with one attached hydrogen (secondary N) is 2. The summed E-state index contributed by atoms with van der Waals surface area (Å²) in [7, 11) is 4.75. The SMILES string of the molecule is COc1cc(C2C=C3Nc4ccccc4NC(c4ccccc4Cl)C3C(=O)C2)cc(OC)c1OC. The van der Waals surface area contributed by atoms with E-state index in [-0.39, 0.29) is 17.7 Å². The van der Waals surface area contributed by atoms with Gasteiger partial charge in [-0.3, -0.25) is 4.79 Å². The van der Waals surface area contributed by atoms with Gasteiger partial charge < -0.3 is 24.8 Å². The van der Waals surface area contributed by atoms with E-state index < -0.39 is 5.92 Å². The van der Waals surface area contributed by atoms with Crippen LogP contribution in [0.5, 0.6) is 17.2 Å². The van der Waals surface area contributed by atoms with Crippen LogP contribution in [0.1, 0.15) is 29.5 Å². The highest BCUT2D eigenvalue weighted by Gasteiger charge is 2.40. The van der Waals surface area contributed by atoms with Crippen molar-refractivity contribution in [1.82, 2.24) is 0 Å². The molecule has 2 N–H and O–H groups in total. The fourth-order valence-corrected chi connectivity index (χ4v) is 5.27. The number of fused-ring (bicyclic) bond motifs is 2. The van der Waals surface area contributed by atoms with E-state index in [0.29, 0.717) is 28.7 Å². The van der Waals surface area contributed by atoms with Crippen molar-refractivity contribution < 1.29 is 19.0 Å². The van der Waals surface area contributed by atoms with Crippen molar-refractivity contribution >= 4 is 28.8 Å². The number of carbonyl (C=O) groups excluding carboxylic acids is 1. The number of ether oxygens (including phenoxy) is 3. The first kappa shape index (κ1) is 23.1. The molecule has 0 saturated heterocycles. The van der Waals surface area contributed by atoms with E-state index in [9.17, 15) is 4.79 Å². The topological polar surface area (TPSA) is 68.8 Å². The molecule has 3 aromatic rings. The lowest BCUT2D eigenvalue weighted by atomic mass is 9.76. The van der Waals surface area contributed by atoms with Gasteiger partial charge in [0.25, 0.3) is 0 Å². The minimum atomic E-state index is -0.416. The Hall–Kier alpha value is -3.64. The summed E-state index contributed by atoms with van der Waals surface area (Å²) in [6.07, 6.45) is 2.48. The number of methoxy groups -OCH3 is 3. The van der Waals surface area contributed by atoms with E-state index in [1.807, 2.05) is 60.7 Å². The summed E-state index contributed by atoms with van der Waals surface area (Å²) in [4.78, 5) is 13.8. The third-order valence-corrected chi connectivity index (χ3v) is 7.03. The Kier molecular flexibility index (Phi) is 6.31. The van der Waals surface area contributed by atoms with Crippen molar-refractivity contribution in [2.75, 3.05) is 32.0 Å². The van der Waals surface area contributed by atoms with Crippen molar-refractivity contribution in [2.45, 2.75) is 18.4 Å². The summed E-state index contributed by atoms with van der Waals surface area (Å²) in [6.45, 7) is 0. The van der Waals surface area contributed by atoms with Gasteiger partial charge in [0.2, 0.25) is 5.75 Å². The molecule has 1 aliphatic heterocycles. The monoisotopic (exact) mass is 490 g/mol. The number of rotatable bonds is 5. The molecular formula is C28H27ClN2O4. The zero-order valence-corrected chi connectivity index (χ0v) is 20.6. The van der Waals surface area contributed by atoms with Crippen molar-refractivity contribution in [3.05, 3.63) is 88.6 Å². The highest BCUT2D eigenvalue weighted by molar-refractivity contribution is 6.31. The molecule has 0 aromatic heterocycles. The summed E-state index contributed by atoms with van der Waals surface area (Å²) in [5.41, 5.74) is 4.49. The van der Waals surface area contributed by atoms with E-state index in [1.54, 1.807) is 21.3 Å². The number of carbonyl (C=O) groups is 1. The molecule has 180 valence electrons. The molecule has 6 nitrogen and oxygen atoms in total. The molecule has 0 saturated carbocycles. The Morgan fingerprint density at radius 3 is 2.20 bits per heavy atom. The van der Waals surface area contributed by atoms with Crippen molar-refractivity contribution in [1.29, 1.82) is 0 Å². The van der Waals surface area contributed by atoms with Crippen LogP contribution in [0.4, 0.5) is 11.4 Å².